The number of aliphatic hydroxyl groups excluding tert-OH is 1. The van der Waals surface area contributed by atoms with Gasteiger partial charge >= 0.3 is 0 Å². The quantitative estimate of drug-likeness (QED) is 0.894. The van der Waals surface area contributed by atoms with E-state index in [1.807, 2.05) is 29.2 Å². The average Bonchev–Trinajstić information content (AvgIpc) is 2.52. The first-order valence-corrected chi connectivity index (χ1v) is 7.26. The number of carbonyl (C=O) groups is 1. The van der Waals surface area contributed by atoms with Crippen LogP contribution < -0.4 is 0 Å². The molecule has 1 aromatic carbocycles. The lowest BCUT2D eigenvalue weighted by atomic mass is 9.98. The smallest absolute Gasteiger partial charge is 0.254 e. The van der Waals surface area contributed by atoms with Crippen molar-refractivity contribution in [1.82, 2.24) is 4.90 Å². The third-order valence-corrected chi connectivity index (χ3v) is 3.92. The number of amides is 1. The monoisotopic (exact) mass is 277 g/mol. The molecule has 1 atom stereocenters. The number of ether oxygens (including phenoxy) is 1. The fraction of sp³-hybridized carbons (Fsp3) is 0.562. The van der Waals surface area contributed by atoms with Crippen molar-refractivity contribution in [3.63, 3.8) is 0 Å². The Labute approximate surface area is 120 Å². The molecule has 1 aliphatic heterocycles. The van der Waals surface area contributed by atoms with Gasteiger partial charge in [-0.2, -0.15) is 0 Å². The summed E-state index contributed by atoms with van der Waals surface area (Å²) in [5, 5.41) is 9.45. The molecule has 1 saturated heterocycles. The van der Waals surface area contributed by atoms with Crippen molar-refractivity contribution >= 4 is 5.91 Å². The summed E-state index contributed by atoms with van der Waals surface area (Å²) in [6, 6.07) is 7.65. The predicted molar refractivity (Wildman–Crippen MR) is 77.8 cm³/mol. The first-order chi connectivity index (χ1) is 9.77. The Hall–Kier alpha value is -1.39. The maximum atomic E-state index is 12.7. The number of aliphatic hydroxyl groups is 1. The van der Waals surface area contributed by atoms with Crippen molar-refractivity contribution in [3.8, 4) is 0 Å². The lowest BCUT2D eigenvalue weighted by molar-refractivity contribution is 0.0501. The van der Waals surface area contributed by atoms with Gasteiger partial charge in [0.15, 0.2) is 0 Å². The van der Waals surface area contributed by atoms with Crippen molar-refractivity contribution in [3.05, 3.63) is 35.4 Å². The van der Waals surface area contributed by atoms with E-state index in [0.717, 1.165) is 43.4 Å². The minimum atomic E-state index is -0.0354. The van der Waals surface area contributed by atoms with E-state index in [9.17, 15) is 9.90 Å². The van der Waals surface area contributed by atoms with Crippen LogP contribution in [0.5, 0.6) is 0 Å². The standard InChI is InChI=1S/C16H23NO3/c1-20-11-9-13-6-2-3-8-15(13)16(19)17-10-5-4-7-14(17)12-18/h2-3,6,8,14,18H,4-5,7,9-12H2,1H3/t14-/m0/s1. The molecule has 1 fully saturated rings. The molecule has 0 aromatic heterocycles. The largest absolute Gasteiger partial charge is 0.394 e. The summed E-state index contributed by atoms with van der Waals surface area (Å²) >= 11 is 0. The van der Waals surface area contributed by atoms with Gasteiger partial charge < -0.3 is 14.7 Å². The number of hydrogen-bond acceptors (Lipinski definition) is 3. The second-order valence-electron chi connectivity index (χ2n) is 5.23. The van der Waals surface area contributed by atoms with Gasteiger partial charge in [-0.1, -0.05) is 18.2 Å². The average molecular weight is 277 g/mol. The molecule has 110 valence electrons. The highest BCUT2D eigenvalue weighted by atomic mass is 16.5. The molecular formula is C16H23NO3. The van der Waals surface area contributed by atoms with Crippen molar-refractivity contribution < 1.29 is 14.6 Å². The van der Waals surface area contributed by atoms with Crippen molar-refractivity contribution in [2.75, 3.05) is 26.9 Å². The number of piperidine rings is 1. The Bertz CT molecular complexity index is 447. The van der Waals surface area contributed by atoms with Crippen molar-refractivity contribution in [2.24, 2.45) is 0 Å². The SMILES string of the molecule is COCCc1ccccc1C(=O)N1CCCC[C@H]1CO. The fourth-order valence-corrected chi connectivity index (χ4v) is 2.77. The van der Waals surface area contributed by atoms with E-state index in [1.165, 1.54) is 0 Å². The van der Waals surface area contributed by atoms with Crippen LogP contribution in [0.3, 0.4) is 0 Å². The molecule has 0 aliphatic carbocycles. The first kappa shape index (κ1) is 15.0. The predicted octanol–water partition coefficient (Wildman–Crippen LogP) is 1.86. The molecule has 1 aliphatic rings. The van der Waals surface area contributed by atoms with Gasteiger partial charge in [0.05, 0.1) is 19.3 Å². The van der Waals surface area contributed by atoms with Crippen LogP contribution in [0.2, 0.25) is 0 Å². The van der Waals surface area contributed by atoms with Crippen LogP contribution in [0, 0.1) is 0 Å². The molecule has 1 heterocycles. The zero-order valence-electron chi connectivity index (χ0n) is 12.0. The molecule has 1 aromatic rings. The van der Waals surface area contributed by atoms with Gasteiger partial charge in [-0.3, -0.25) is 4.79 Å². The van der Waals surface area contributed by atoms with Crippen molar-refractivity contribution in [2.45, 2.75) is 31.7 Å². The van der Waals surface area contributed by atoms with Crippen LogP contribution in [0.25, 0.3) is 0 Å². The number of methoxy groups -OCH3 is 1. The lowest BCUT2D eigenvalue weighted by Crippen LogP contribution is -2.45. The van der Waals surface area contributed by atoms with Gasteiger partial charge in [0.25, 0.3) is 5.91 Å². The Kier molecular flexibility index (Phi) is 5.56. The minimum absolute atomic E-state index is 0.0354. The Morgan fingerprint density at radius 1 is 1.40 bits per heavy atom. The zero-order chi connectivity index (χ0) is 14.4. The Morgan fingerprint density at radius 3 is 2.95 bits per heavy atom. The van der Waals surface area contributed by atoms with E-state index >= 15 is 0 Å². The summed E-state index contributed by atoms with van der Waals surface area (Å²) in [5.41, 5.74) is 1.76. The highest BCUT2D eigenvalue weighted by Crippen LogP contribution is 2.21. The molecule has 1 N–H and O–H groups in total. The van der Waals surface area contributed by atoms with Crippen LogP contribution in [0.4, 0.5) is 0 Å². The Morgan fingerprint density at radius 2 is 2.20 bits per heavy atom. The van der Waals surface area contributed by atoms with E-state index < -0.39 is 0 Å². The summed E-state index contributed by atoms with van der Waals surface area (Å²) in [6.07, 6.45) is 3.72. The summed E-state index contributed by atoms with van der Waals surface area (Å²) < 4.78 is 5.10. The third-order valence-electron chi connectivity index (χ3n) is 3.92. The van der Waals surface area contributed by atoms with Crippen LogP contribution in [0.15, 0.2) is 24.3 Å². The van der Waals surface area contributed by atoms with Crippen LogP contribution >= 0.6 is 0 Å². The van der Waals surface area contributed by atoms with E-state index in [0.29, 0.717) is 6.61 Å². The van der Waals surface area contributed by atoms with Gasteiger partial charge in [-0.15, -0.1) is 0 Å². The maximum Gasteiger partial charge on any atom is 0.254 e. The van der Waals surface area contributed by atoms with Gasteiger partial charge in [-0.05, 0) is 37.3 Å². The van der Waals surface area contributed by atoms with E-state index in [-0.39, 0.29) is 18.6 Å². The molecular weight excluding hydrogens is 254 g/mol. The summed E-state index contributed by atoms with van der Waals surface area (Å²) in [5.74, 6) is 0.0375. The normalized spacial score (nSPS) is 19.1. The molecule has 0 unspecified atom stereocenters. The van der Waals surface area contributed by atoms with Gasteiger partial charge in [0, 0.05) is 19.2 Å². The fourth-order valence-electron chi connectivity index (χ4n) is 2.77. The lowest BCUT2D eigenvalue weighted by Gasteiger charge is -2.35. The van der Waals surface area contributed by atoms with Gasteiger partial charge in [0.1, 0.15) is 0 Å². The summed E-state index contributed by atoms with van der Waals surface area (Å²) in [7, 11) is 1.66. The number of likely N-dealkylation sites (tertiary alicyclic amines) is 1. The second kappa shape index (κ2) is 7.41. The molecule has 4 heteroatoms. The second-order valence-corrected chi connectivity index (χ2v) is 5.23. The molecule has 0 radical (unpaired) electrons. The maximum absolute atomic E-state index is 12.7. The van der Waals surface area contributed by atoms with E-state index in [4.69, 9.17) is 4.74 Å². The molecule has 0 spiro atoms. The highest BCUT2D eigenvalue weighted by molar-refractivity contribution is 5.96. The number of nitrogens with zero attached hydrogens (tertiary/aromatic N) is 1. The van der Waals surface area contributed by atoms with Crippen LogP contribution in [0.1, 0.15) is 35.2 Å². The van der Waals surface area contributed by atoms with Gasteiger partial charge in [-0.25, -0.2) is 0 Å². The number of hydrogen-bond donors (Lipinski definition) is 1. The molecule has 1 amide bonds. The van der Waals surface area contributed by atoms with Gasteiger partial charge in [0.2, 0.25) is 0 Å². The van der Waals surface area contributed by atoms with Crippen molar-refractivity contribution in [1.29, 1.82) is 0 Å². The summed E-state index contributed by atoms with van der Waals surface area (Å²) in [4.78, 5) is 14.6. The third kappa shape index (κ3) is 3.38. The molecule has 4 nitrogen and oxygen atoms in total. The zero-order valence-corrected chi connectivity index (χ0v) is 12.0. The van der Waals surface area contributed by atoms with Crippen LogP contribution in [-0.2, 0) is 11.2 Å². The number of rotatable bonds is 5. The molecule has 0 bridgehead atoms. The first-order valence-electron chi connectivity index (χ1n) is 7.26. The minimum Gasteiger partial charge on any atom is -0.394 e. The number of benzene rings is 1. The number of carbonyl (C=O) groups excluding carboxylic acids is 1. The van der Waals surface area contributed by atoms with Crippen LogP contribution in [-0.4, -0.2) is 48.8 Å². The van der Waals surface area contributed by atoms with E-state index in [2.05, 4.69) is 0 Å². The molecule has 2 rings (SSSR count). The molecule has 20 heavy (non-hydrogen) atoms. The Balaban J connectivity index is 2.19. The molecule has 0 saturated carbocycles. The van der Waals surface area contributed by atoms with E-state index in [1.54, 1.807) is 7.11 Å². The highest BCUT2D eigenvalue weighted by Gasteiger charge is 2.27. The topological polar surface area (TPSA) is 49.8 Å². The summed E-state index contributed by atoms with van der Waals surface area (Å²) in [6.45, 7) is 1.39.